The van der Waals surface area contributed by atoms with E-state index >= 15 is 0 Å². The summed E-state index contributed by atoms with van der Waals surface area (Å²) in [6.07, 6.45) is 4.75. The zero-order valence-electron chi connectivity index (χ0n) is 12.9. The molecule has 0 atom stereocenters. The van der Waals surface area contributed by atoms with Gasteiger partial charge in [0.05, 0.1) is 0 Å². The molecule has 0 bridgehead atoms. The lowest BCUT2D eigenvalue weighted by Gasteiger charge is -2.25. The summed E-state index contributed by atoms with van der Waals surface area (Å²) in [4.78, 5) is 7.09. The number of fused-ring (bicyclic) bond motifs is 1. The number of nitrogens with two attached hydrogens (primary N) is 1. The number of hydrogen-bond donors (Lipinski definition) is 1. The molecule has 1 heterocycles. The predicted molar refractivity (Wildman–Crippen MR) is 88.0 cm³/mol. The van der Waals surface area contributed by atoms with Gasteiger partial charge < -0.3 is 10.6 Å². The van der Waals surface area contributed by atoms with E-state index in [0.29, 0.717) is 6.54 Å². The highest BCUT2D eigenvalue weighted by Gasteiger charge is 2.17. The van der Waals surface area contributed by atoms with Crippen LogP contribution in [-0.2, 0) is 19.4 Å². The van der Waals surface area contributed by atoms with Gasteiger partial charge in [-0.05, 0) is 61.9 Å². The lowest BCUT2D eigenvalue weighted by Crippen LogP contribution is -2.18. The highest BCUT2D eigenvalue weighted by molar-refractivity contribution is 5.63. The van der Waals surface area contributed by atoms with E-state index in [1.165, 1.54) is 29.7 Å². The van der Waals surface area contributed by atoms with Gasteiger partial charge in [0.25, 0.3) is 0 Å². The van der Waals surface area contributed by atoms with Crippen molar-refractivity contribution in [2.75, 3.05) is 11.9 Å². The van der Waals surface area contributed by atoms with E-state index in [4.69, 9.17) is 10.7 Å². The first-order valence-electron chi connectivity index (χ1n) is 7.71. The van der Waals surface area contributed by atoms with E-state index < -0.39 is 0 Å². The molecule has 1 aliphatic rings. The maximum absolute atomic E-state index is 5.96. The minimum atomic E-state index is 0.534. The predicted octanol–water partition coefficient (Wildman–Crippen LogP) is 3.50. The molecule has 0 saturated carbocycles. The zero-order valence-corrected chi connectivity index (χ0v) is 12.9. The second kappa shape index (κ2) is 5.86. The van der Waals surface area contributed by atoms with Gasteiger partial charge in [0.2, 0.25) is 0 Å². The molecular formula is C18H23N3. The fourth-order valence-corrected chi connectivity index (χ4v) is 3.07. The summed E-state index contributed by atoms with van der Waals surface area (Å²) in [5.41, 5.74) is 12.2. The first kappa shape index (κ1) is 14.1. The van der Waals surface area contributed by atoms with E-state index in [2.05, 4.69) is 49.2 Å². The van der Waals surface area contributed by atoms with Gasteiger partial charge in [-0.3, -0.25) is 0 Å². The number of aromatic nitrogens is 1. The van der Waals surface area contributed by atoms with Gasteiger partial charge in [0, 0.05) is 30.5 Å². The third-order valence-electron chi connectivity index (χ3n) is 4.28. The molecule has 1 aromatic carbocycles. The number of benzene rings is 1. The molecule has 0 aliphatic heterocycles. The lowest BCUT2D eigenvalue weighted by molar-refractivity contribution is 0.665. The van der Waals surface area contributed by atoms with Crippen LogP contribution in [0.25, 0.3) is 0 Å². The van der Waals surface area contributed by atoms with Gasteiger partial charge in [0.1, 0.15) is 5.82 Å². The highest BCUT2D eigenvalue weighted by atomic mass is 15.2. The number of hydrogen-bond acceptors (Lipinski definition) is 3. The number of nitrogens with zero attached hydrogens (tertiary/aromatic N) is 2. The topological polar surface area (TPSA) is 42.2 Å². The van der Waals surface area contributed by atoms with Crippen LogP contribution >= 0.6 is 0 Å². The van der Waals surface area contributed by atoms with Crippen molar-refractivity contribution in [2.45, 2.75) is 39.2 Å². The Labute approximate surface area is 126 Å². The van der Waals surface area contributed by atoms with Gasteiger partial charge in [-0.1, -0.05) is 12.1 Å². The van der Waals surface area contributed by atoms with Crippen molar-refractivity contribution < 1.29 is 0 Å². The third-order valence-corrected chi connectivity index (χ3v) is 4.28. The molecule has 3 nitrogen and oxygen atoms in total. The van der Waals surface area contributed by atoms with Crippen molar-refractivity contribution in [3.63, 3.8) is 0 Å². The third kappa shape index (κ3) is 2.79. The highest BCUT2D eigenvalue weighted by Crippen LogP contribution is 2.30. The summed E-state index contributed by atoms with van der Waals surface area (Å²) in [7, 11) is 2.07. The summed E-state index contributed by atoms with van der Waals surface area (Å²) in [6, 6.07) is 10.8. The van der Waals surface area contributed by atoms with E-state index in [9.17, 15) is 0 Å². The van der Waals surface area contributed by atoms with E-state index in [0.717, 1.165) is 29.9 Å². The van der Waals surface area contributed by atoms with Crippen molar-refractivity contribution in [3.05, 3.63) is 52.7 Å². The van der Waals surface area contributed by atoms with Gasteiger partial charge in [-0.15, -0.1) is 0 Å². The molecule has 3 rings (SSSR count). The summed E-state index contributed by atoms with van der Waals surface area (Å²) in [6.45, 7) is 2.65. The monoisotopic (exact) mass is 281 g/mol. The molecule has 1 aliphatic carbocycles. The number of pyridine rings is 1. The molecule has 0 unspecified atom stereocenters. The smallest absolute Gasteiger partial charge is 0.137 e. The second-order valence-electron chi connectivity index (χ2n) is 5.89. The summed E-state index contributed by atoms with van der Waals surface area (Å²) < 4.78 is 0. The summed E-state index contributed by atoms with van der Waals surface area (Å²) in [5, 5.41) is 0. The van der Waals surface area contributed by atoms with Crippen LogP contribution < -0.4 is 10.6 Å². The number of anilines is 2. The first-order chi connectivity index (χ1) is 10.2. The molecular weight excluding hydrogens is 258 g/mol. The average molecular weight is 281 g/mol. The van der Waals surface area contributed by atoms with E-state index in [-0.39, 0.29) is 0 Å². The van der Waals surface area contributed by atoms with Gasteiger partial charge >= 0.3 is 0 Å². The average Bonchev–Trinajstić information content (AvgIpc) is 2.53. The Morgan fingerprint density at radius 1 is 1.19 bits per heavy atom. The molecule has 0 amide bonds. The Hall–Kier alpha value is -1.87. The fourth-order valence-electron chi connectivity index (χ4n) is 3.07. The maximum Gasteiger partial charge on any atom is 0.137 e. The number of rotatable bonds is 3. The molecule has 0 spiro atoms. The molecule has 1 aromatic heterocycles. The molecule has 0 saturated heterocycles. The van der Waals surface area contributed by atoms with Crippen molar-refractivity contribution >= 4 is 11.5 Å². The largest absolute Gasteiger partial charge is 0.329 e. The maximum atomic E-state index is 5.96. The van der Waals surface area contributed by atoms with E-state index in [1.807, 2.05) is 0 Å². The molecule has 2 N–H and O–H groups in total. The van der Waals surface area contributed by atoms with Crippen molar-refractivity contribution in [2.24, 2.45) is 5.73 Å². The molecule has 21 heavy (non-hydrogen) atoms. The fraction of sp³-hybridized carbons (Fsp3) is 0.389. The Bertz CT molecular complexity index is 649. The summed E-state index contributed by atoms with van der Waals surface area (Å²) >= 11 is 0. The van der Waals surface area contributed by atoms with Crippen molar-refractivity contribution in [1.82, 2.24) is 4.98 Å². The van der Waals surface area contributed by atoms with E-state index in [1.54, 1.807) is 0 Å². The molecule has 110 valence electrons. The Morgan fingerprint density at radius 3 is 2.76 bits per heavy atom. The Balaban J connectivity index is 2.04. The van der Waals surface area contributed by atoms with Crippen molar-refractivity contribution in [3.8, 4) is 0 Å². The normalized spacial score (nSPS) is 13.9. The first-order valence-corrected chi connectivity index (χ1v) is 7.71. The molecule has 0 radical (unpaired) electrons. The van der Waals surface area contributed by atoms with Crippen LogP contribution in [0, 0.1) is 6.92 Å². The van der Waals surface area contributed by atoms with Crippen LogP contribution in [-0.4, -0.2) is 12.0 Å². The number of aryl methyl sites for hydroxylation is 3. The van der Waals surface area contributed by atoms with Crippen LogP contribution in [0.5, 0.6) is 0 Å². The Kier molecular flexibility index (Phi) is 3.93. The lowest BCUT2D eigenvalue weighted by atomic mass is 9.94. The molecule has 0 fully saturated rings. The summed E-state index contributed by atoms with van der Waals surface area (Å²) in [5.74, 6) is 1.00. The van der Waals surface area contributed by atoms with Crippen LogP contribution in [0.15, 0.2) is 30.3 Å². The standard InChI is InChI=1S/C18H23N3/c1-13-6-5-8-16(10-13)21(2)18-15(12-19)11-14-7-3-4-9-17(14)20-18/h5-6,8,10-11H,3-4,7,9,12,19H2,1-2H3. The van der Waals surface area contributed by atoms with Crippen LogP contribution in [0.3, 0.4) is 0 Å². The van der Waals surface area contributed by atoms with Gasteiger partial charge in [-0.25, -0.2) is 4.98 Å². The van der Waals surface area contributed by atoms with Crippen molar-refractivity contribution in [1.29, 1.82) is 0 Å². The Morgan fingerprint density at radius 2 is 2.00 bits per heavy atom. The minimum Gasteiger partial charge on any atom is -0.329 e. The van der Waals surface area contributed by atoms with Crippen LogP contribution in [0.2, 0.25) is 0 Å². The van der Waals surface area contributed by atoms with Gasteiger partial charge in [0.15, 0.2) is 0 Å². The van der Waals surface area contributed by atoms with Gasteiger partial charge in [-0.2, -0.15) is 0 Å². The SMILES string of the molecule is Cc1cccc(N(C)c2nc3c(cc2CN)CCCC3)c1. The minimum absolute atomic E-state index is 0.534. The zero-order chi connectivity index (χ0) is 14.8. The second-order valence-corrected chi connectivity index (χ2v) is 5.89. The molecule has 3 heteroatoms. The molecule has 2 aromatic rings. The quantitative estimate of drug-likeness (QED) is 0.936. The van der Waals surface area contributed by atoms with Crippen LogP contribution in [0.4, 0.5) is 11.5 Å². The van der Waals surface area contributed by atoms with Crippen LogP contribution in [0.1, 0.15) is 35.2 Å².